The Labute approximate surface area is 188 Å². The molecule has 0 spiro atoms. The van der Waals surface area contributed by atoms with Gasteiger partial charge in [-0.05, 0) is 49.5 Å². The lowest BCUT2D eigenvalue weighted by molar-refractivity contribution is -0.138. The Balaban J connectivity index is 1.68. The summed E-state index contributed by atoms with van der Waals surface area (Å²) in [6.45, 7) is 1.27. The van der Waals surface area contributed by atoms with Gasteiger partial charge in [-0.15, -0.1) is 0 Å². The van der Waals surface area contributed by atoms with Crippen LogP contribution in [-0.2, 0) is 13.2 Å². The summed E-state index contributed by atoms with van der Waals surface area (Å²) >= 11 is 0. The molecule has 1 atom stereocenters. The lowest BCUT2D eigenvalue weighted by Gasteiger charge is -2.34. The fourth-order valence-corrected chi connectivity index (χ4v) is 4.07. The lowest BCUT2D eigenvalue weighted by atomic mass is 9.85. The Kier molecular flexibility index (Phi) is 7.18. The van der Waals surface area contributed by atoms with Crippen LogP contribution in [0, 0.1) is 5.41 Å². The highest BCUT2D eigenvalue weighted by molar-refractivity contribution is 6.04. The van der Waals surface area contributed by atoms with E-state index in [2.05, 4.69) is 4.98 Å². The quantitative estimate of drug-likeness (QED) is 0.289. The molecule has 1 aliphatic heterocycles. The molecule has 12 heteroatoms. The molecule has 1 unspecified atom stereocenters. The monoisotopic (exact) mass is 465 g/mol. The summed E-state index contributed by atoms with van der Waals surface area (Å²) in [6.07, 6.45) is -0.771. The second-order valence-corrected chi connectivity index (χ2v) is 8.10. The topological polar surface area (TPSA) is 143 Å². The third-order valence-corrected chi connectivity index (χ3v) is 5.76. The van der Waals surface area contributed by atoms with Crippen LogP contribution in [0.25, 0.3) is 0 Å². The number of carbonyl (C=O) groups excluding carboxylic acids is 2. The molecule has 6 N–H and O–H groups in total. The van der Waals surface area contributed by atoms with Gasteiger partial charge in [-0.2, -0.15) is 13.2 Å². The molecule has 1 fully saturated rings. The van der Waals surface area contributed by atoms with Gasteiger partial charge in [0.25, 0.3) is 5.91 Å². The number of Topliss-reactive ketones (excluding diaryl/α,β-unsaturated/α-hetero) is 1. The van der Waals surface area contributed by atoms with Crippen molar-refractivity contribution in [1.29, 1.82) is 5.41 Å². The molecule has 0 bridgehead atoms. The van der Waals surface area contributed by atoms with Gasteiger partial charge in [-0.1, -0.05) is 6.07 Å². The van der Waals surface area contributed by atoms with E-state index in [4.69, 9.17) is 16.9 Å². The summed E-state index contributed by atoms with van der Waals surface area (Å²) in [6, 6.07) is 2.65. The number of hydrogen-bond acceptors (Lipinski definition) is 6. The van der Waals surface area contributed by atoms with Crippen molar-refractivity contribution in [1.82, 2.24) is 19.8 Å². The van der Waals surface area contributed by atoms with Crippen molar-refractivity contribution in [2.24, 2.45) is 18.5 Å². The number of guanidine groups is 1. The second-order valence-electron chi connectivity index (χ2n) is 8.10. The Morgan fingerprint density at radius 3 is 2.52 bits per heavy atom. The molecule has 1 amide bonds. The Bertz CT molecular complexity index is 1040. The van der Waals surface area contributed by atoms with Crippen LogP contribution < -0.4 is 16.8 Å². The molecule has 3 rings (SSSR count). The van der Waals surface area contributed by atoms with Crippen molar-refractivity contribution in [3.05, 3.63) is 53.1 Å². The van der Waals surface area contributed by atoms with E-state index in [0.29, 0.717) is 38.2 Å². The van der Waals surface area contributed by atoms with Crippen LogP contribution >= 0.6 is 0 Å². The zero-order chi connectivity index (χ0) is 24.3. The van der Waals surface area contributed by atoms with Crippen LogP contribution in [0.4, 0.5) is 13.2 Å². The molecular formula is C21H26F3N7O2. The van der Waals surface area contributed by atoms with Gasteiger partial charge in [0.05, 0.1) is 24.1 Å². The fraction of sp³-hybridized carbons (Fsp3) is 0.429. The predicted octanol–water partition coefficient (Wildman–Crippen LogP) is 1.45. The first kappa shape index (κ1) is 24.4. The summed E-state index contributed by atoms with van der Waals surface area (Å²) in [7, 11) is 1.70. The highest BCUT2D eigenvalue weighted by Crippen LogP contribution is 2.39. The second kappa shape index (κ2) is 9.71. The zero-order valence-corrected chi connectivity index (χ0v) is 18.0. The minimum atomic E-state index is -4.64. The number of piperidine rings is 1. The Morgan fingerprint density at radius 1 is 1.30 bits per heavy atom. The number of alkyl halides is 3. The van der Waals surface area contributed by atoms with E-state index >= 15 is 0 Å². The largest absolute Gasteiger partial charge is 0.416 e. The van der Waals surface area contributed by atoms with E-state index in [1.54, 1.807) is 11.6 Å². The maximum Gasteiger partial charge on any atom is 0.416 e. The Morgan fingerprint density at radius 2 is 1.97 bits per heavy atom. The average Bonchev–Trinajstić information content (AvgIpc) is 3.18. The highest BCUT2D eigenvalue weighted by Gasteiger charge is 2.37. The molecule has 1 aliphatic rings. The molecule has 2 aromatic rings. The van der Waals surface area contributed by atoms with Gasteiger partial charge in [-0.25, -0.2) is 4.98 Å². The molecule has 1 aromatic carbocycles. The molecule has 9 nitrogen and oxygen atoms in total. The first-order valence-corrected chi connectivity index (χ1v) is 10.3. The predicted molar refractivity (Wildman–Crippen MR) is 115 cm³/mol. The van der Waals surface area contributed by atoms with Gasteiger partial charge in [0.2, 0.25) is 0 Å². The number of carbonyl (C=O) groups is 2. The molecule has 1 saturated heterocycles. The van der Waals surface area contributed by atoms with Crippen molar-refractivity contribution in [2.45, 2.75) is 31.0 Å². The van der Waals surface area contributed by atoms with E-state index in [9.17, 15) is 22.8 Å². The molecular weight excluding hydrogens is 439 g/mol. The lowest BCUT2D eigenvalue weighted by Crippen LogP contribution is -2.45. The van der Waals surface area contributed by atoms with E-state index in [0.717, 1.165) is 6.07 Å². The number of amides is 1. The number of rotatable bonds is 6. The number of aromatic nitrogens is 2. The van der Waals surface area contributed by atoms with Gasteiger partial charge < -0.3 is 20.9 Å². The van der Waals surface area contributed by atoms with Crippen molar-refractivity contribution in [3.63, 3.8) is 0 Å². The normalized spacial score (nSPS) is 16.4. The van der Waals surface area contributed by atoms with Gasteiger partial charge in [-0.3, -0.25) is 20.3 Å². The van der Waals surface area contributed by atoms with Crippen LogP contribution in [0.5, 0.6) is 0 Å². The summed E-state index contributed by atoms with van der Waals surface area (Å²) < 4.78 is 42.8. The number of ketones is 1. The number of likely N-dealkylation sites (tertiary alicyclic amines) is 1. The number of imidazole rings is 1. The molecule has 0 saturated carbocycles. The number of nitrogens with two attached hydrogens (primary N) is 2. The maximum atomic E-state index is 13.7. The average molecular weight is 465 g/mol. The van der Waals surface area contributed by atoms with E-state index in [1.807, 2.05) is 10.2 Å². The SMILES string of the molecule is Cn1cncc1C(=O)C(N)CN1CCC(c2ccc(C(=O)NC(=N)N)cc2C(F)(F)F)CC1. The molecule has 0 radical (unpaired) electrons. The Hall–Kier alpha value is -3.25. The van der Waals surface area contributed by atoms with E-state index in [1.165, 1.54) is 24.7 Å². The summed E-state index contributed by atoms with van der Waals surface area (Å²) in [4.78, 5) is 30.4. The van der Waals surface area contributed by atoms with Crippen LogP contribution in [0.15, 0.2) is 30.7 Å². The number of hydrogen-bond donors (Lipinski definition) is 4. The van der Waals surface area contributed by atoms with Crippen molar-refractivity contribution >= 4 is 17.6 Å². The summed E-state index contributed by atoms with van der Waals surface area (Å²) in [5, 5.41) is 9.07. The summed E-state index contributed by atoms with van der Waals surface area (Å²) in [5.74, 6) is -2.12. The first-order chi connectivity index (χ1) is 15.5. The molecule has 178 valence electrons. The van der Waals surface area contributed by atoms with E-state index in [-0.39, 0.29) is 22.8 Å². The van der Waals surface area contributed by atoms with Crippen LogP contribution in [-0.4, -0.2) is 57.8 Å². The smallest absolute Gasteiger partial charge is 0.370 e. The van der Waals surface area contributed by atoms with Gasteiger partial charge >= 0.3 is 6.18 Å². The van der Waals surface area contributed by atoms with E-state index < -0.39 is 29.6 Å². The van der Waals surface area contributed by atoms with Gasteiger partial charge in [0.1, 0.15) is 5.69 Å². The molecule has 0 aliphatic carbocycles. The molecule has 2 heterocycles. The fourth-order valence-electron chi connectivity index (χ4n) is 4.07. The standard InChI is InChI=1S/C21H26F3N7O2/c1-30-11-28-9-17(30)18(32)16(25)10-31-6-4-12(5-7-31)14-3-2-13(19(33)29-20(26)27)8-15(14)21(22,23)24/h2-3,8-9,11-12,16H,4-7,10,25H2,1H3,(H4,26,27,29,33). The minimum absolute atomic E-state index is 0.122. The van der Waals surface area contributed by atoms with Crippen molar-refractivity contribution in [2.75, 3.05) is 19.6 Å². The third kappa shape index (κ3) is 5.76. The minimum Gasteiger partial charge on any atom is -0.370 e. The number of halogens is 3. The highest BCUT2D eigenvalue weighted by atomic mass is 19.4. The zero-order valence-electron chi connectivity index (χ0n) is 18.0. The molecule has 1 aromatic heterocycles. The maximum absolute atomic E-state index is 13.7. The van der Waals surface area contributed by atoms with Crippen molar-refractivity contribution in [3.8, 4) is 0 Å². The van der Waals surface area contributed by atoms with Gasteiger partial charge in [0, 0.05) is 19.2 Å². The number of aryl methyl sites for hydroxylation is 1. The third-order valence-electron chi connectivity index (χ3n) is 5.76. The van der Waals surface area contributed by atoms with Crippen LogP contribution in [0.3, 0.4) is 0 Å². The van der Waals surface area contributed by atoms with Crippen LogP contribution in [0.2, 0.25) is 0 Å². The summed E-state index contributed by atoms with van der Waals surface area (Å²) in [5.41, 5.74) is 10.6. The number of nitrogens with zero attached hydrogens (tertiary/aromatic N) is 3. The first-order valence-electron chi connectivity index (χ1n) is 10.3. The van der Waals surface area contributed by atoms with Crippen LogP contribution in [0.1, 0.15) is 50.7 Å². The van der Waals surface area contributed by atoms with Gasteiger partial charge in [0.15, 0.2) is 11.7 Å². The molecule has 33 heavy (non-hydrogen) atoms. The van der Waals surface area contributed by atoms with Crippen molar-refractivity contribution < 1.29 is 22.8 Å². The number of nitrogens with one attached hydrogen (secondary N) is 2. The number of benzene rings is 1.